The molecule has 0 spiro atoms. The average molecular weight is 481 g/mol. The molecule has 152 valence electrons. The summed E-state index contributed by atoms with van der Waals surface area (Å²) in [4.78, 5) is 27.1. The second kappa shape index (κ2) is 8.28. The minimum Gasteiger partial charge on any atom is -0.318 e. The van der Waals surface area contributed by atoms with Crippen LogP contribution in [0.15, 0.2) is 64.0 Å². The zero-order valence-corrected chi connectivity index (χ0v) is 19.4. The third-order valence-electron chi connectivity index (χ3n) is 5.21. The Kier molecular flexibility index (Phi) is 5.71. The molecule has 2 aromatic carbocycles. The third-order valence-corrected chi connectivity index (χ3v) is 7.01. The fourth-order valence-corrected chi connectivity index (χ4v) is 4.72. The lowest BCUT2D eigenvalue weighted by Gasteiger charge is -2.12. The number of rotatable bonds is 4. The molecule has 0 aliphatic carbocycles. The van der Waals surface area contributed by atoms with Crippen molar-refractivity contribution >= 4 is 44.9 Å². The molecule has 2 amide bonds. The van der Waals surface area contributed by atoms with Crippen LogP contribution in [0.2, 0.25) is 0 Å². The van der Waals surface area contributed by atoms with Gasteiger partial charge in [-0.2, -0.15) is 0 Å². The Hall–Kier alpha value is -2.57. The Balaban J connectivity index is 1.64. The molecule has 1 fully saturated rings. The maximum atomic E-state index is 12.9. The van der Waals surface area contributed by atoms with E-state index in [1.165, 1.54) is 4.90 Å². The minimum absolute atomic E-state index is 0.229. The molecule has 1 aromatic heterocycles. The van der Waals surface area contributed by atoms with Crippen LogP contribution in [0.25, 0.3) is 11.8 Å². The van der Waals surface area contributed by atoms with Crippen molar-refractivity contribution in [1.29, 1.82) is 0 Å². The molecule has 4 rings (SSSR count). The van der Waals surface area contributed by atoms with E-state index in [0.717, 1.165) is 50.0 Å². The van der Waals surface area contributed by atoms with Crippen LogP contribution in [0.1, 0.15) is 28.1 Å². The van der Waals surface area contributed by atoms with E-state index in [1.54, 1.807) is 0 Å². The zero-order chi connectivity index (χ0) is 21.4. The van der Waals surface area contributed by atoms with Gasteiger partial charge in [0.15, 0.2) is 0 Å². The summed E-state index contributed by atoms with van der Waals surface area (Å²) in [5.41, 5.74) is 6.21. The van der Waals surface area contributed by atoms with Crippen LogP contribution in [0.4, 0.5) is 4.79 Å². The molecule has 4 nitrogen and oxygen atoms in total. The highest BCUT2D eigenvalue weighted by Crippen LogP contribution is 2.35. The second-order valence-corrected chi connectivity index (χ2v) is 9.20. The smallest absolute Gasteiger partial charge is 0.293 e. The van der Waals surface area contributed by atoms with Crippen LogP contribution in [-0.2, 0) is 11.3 Å². The van der Waals surface area contributed by atoms with Crippen molar-refractivity contribution in [1.82, 2.24) is 9.47 Å². The highest BCUT2D eigenvalue weighted by atomic mass is 79.9. The number of carbonyl (C=O) groups excluding carboxylic acids is 2. The van der Waals surface area contributed by atoms with Crippen molar-refractivity contribution in [3.05, 3.63) is 92.1 Å². The van der Waals surface area contributed by atoms with Crippen molar-refractivity contribution in [2.75, 3.05) is 0 Å². The molecular formula is C24H21BrN2O2S. The van der Waals surface area contributed by atoms with E-state index in [2.05, 4.69) is 45.6 Å². The average Bonchev–Trinajstić information content (AvgIpc) is 3.15. The third kappa shape index (κ3) is 3.89. The van der Waals surface area contributed by atoms with Gasteiger partial charge in [0, 0.05) is 21.5 Å². The van der Waals surface area contributed by atoms with Gasteiger partial charge in [-0.1, -0.05) is 46.3 Å². The van der Waals surface area contributed by atoms with Crippen LogP contribution in [0, 0.1) is 20.8 Å². The molecule has 0 unspecified atom stereocenters. The summed E-state index contributed by atoms with van der Waals surface area (Å²) in [6, 6.07) is 17.8. The fourth-order valence-electron chi connectivity index (χ4n) is 3.64. The summed E-state index contributed by atoms with van der Waals surface area (Å²) in [7, 11) is 0. The maximum absolute atomic E-state index is 12.9. The normalized spacial score (nSPS) is 15.5. The van der Waals surface area contributed by atoms with Gasteiger partial charge in [-0.05, 0) is 79.6 Å². The number of aromatic nitrogens is 1. The van der Waals surface area contributed by atoms with E-state index in [9.17, 15) is 9.59 Å². The van der Waals surface area contributed by atoms with E-state index >= 15 is 0 Å². The van der Waals surface area contributed by atoms with Crippen LogP contribution in [-0.4, -0.2) is 20.6 Å². The van der Waals surface area contributed by atoms with Crippen LogP contribution < -0.4 is 0 Å². The van der Waals surface area contributed by atoms with Gasteiger partial charge in [0.05, 0.1) is 11.4 Å². The van der Waals surface area contributed by atoms with Gasteiger partial charge in [-0.15, -0.1) is 0 Å². The molecular weight excluding hydrogens is 460 g/mol. The molecule has 0 N–H and O–H groups in total. The number of thioether (sulfide) groups is 1. The summed E-state index contributed by atoms with van der Waals surface area (Å²) in [5.74, 6) is -0.238. The molecule has 2 heterocycles. The quantitative estimate of drug-likeness (QED) is 0.405. The van der Waals surface area contributed by atoms with Crippen molar-refractivity contribution in [3.63, 3.8) is 0 Å². The van der Waals surface area contributed by atoms with E-state index in [-0.39, 0.29) is 11.1 Å². The number of nitrogens with zero attached hydrogens (tertiary/aromatic N) is 2. The number of carbonyl (C=O) groups is 2. The Morgan fingerprint density at radius 1 is 1.00 bits per heavy atom. The number of hydrogen-bond donors (Lipinski definition) is 0. The van der Waals surface area contributed by atoms with Crippen LogP contribution in [0.3, 0.4) is 0 Å². The van der Waals surface area contributed by atoms with Crippen molar-refractivity contribution in [2.45, 2.75) is 27.3 Å². The standard InChI is InChI=1S/C24H21BrN2O2S/c1-15-11-20(9-10-21(15)25)27-16(2)12-19(17(27)3)13-22-23(28)26(24(29)30-22)14-18-7-5-4-6-8-18/h4-13H,14H2,1-3H3/b22-13-. The number of halogens is 1. The first-order valence-corrected chi connectivity index (χ1v) is 11.2. The van der Waals surface area contributed by atoms with Gasteiger partial charge in [-0.3, -0.25) is 14.5 Å². The molecule has 1 aliphatic rings. The van der Waals surface area contributed by atoms with Crippen molar-refractivity contribution in [2.24, 2.45) is 0 Å². The molecule has 30 heavy (non-hydrogen) atoms. The summed E-state index contributed by atoms with van der Waals surface area (Å²) in [5, 5.41) is -0.229. The van der Waals surface area contributed by atoms with Gasteiger partial charge >= 0.3 is 0 Å². The molecule has 0 atom stereocenters. The first-order chi connectivity index (χ1) is 14.3. The molecule has 0 saturated carbocycles. The summed E-state index contributed by atoms with van der Waals surface area (Å²) in [6.07, 6.45) is 1.83. The van der Waals surface area contributed by atoms with E-state index in [0.29, 0.717) is 11.4 Å². The highest BCUT2D eigenvalue weighted by Gasteiger charge is 2.35. The lowest BCUT2D eigenvalue weighted by atomic mass is 10.2. The Morgan fingerprint density at radius 2 is 1.73 bits per heavy atom. The SMILES string of the molecule is Cc1cc(-n2c(C)cc(/C=C3\SC(=O)N(Cc4ccccc4)C3=O)c2C)ccc1Br. The summed E-state index contributed by atoms with van der Waals surface area (Å²) >= 11 is 4.55. The number of amides is 2. The highest BCUT2D eigenvalue weighted by molar-refractivity contribution is 9.10. The number of hydrogen-bond acceptors (Lipinski definition) is 3. The molecule has 0 radical (unpaired) electrons. The Labute approximate surface area is 188 Å². The Morgan fingerprint density at radius 3 is 2.43 bits per heavy atom. The fraction of sp³-hybridized carbons (Fsp3) is 0.167. The molecule has 6 heteroatoms. The first kappa shape index (κ1) is 20.7. The van der Waals surface area contributed by atoms with Crippen molar-refractivity contribution in [3.8, 4) is 5.69 Å². The topological polar surface area (TPSA) is 42.3 Å². The lowest BCUT2D eigenvalue weighted by Crippen LogP contribution is -2.27. The largest absolute Gasteiger partial charge is 0.318 e. The summed E-state index contributed by atoms with van der Waals surface area (Å²) < 4.78 is 3.24. The van der Waals surface area contributed by atoms with Gasteiger partial charge in [0.2, 0.25) is 0 Å². The van der Waals surface area contributed by atoms with Gasteiger partial charge in [-0.25, -0.2) is 0 Å². The molecule has 1 saturated heterocycles. The monoisotopic (exact) mass is 480 g/mol. The number of aryl methyl sites for hydroxylation is 2. The second-order valence-electron chi connectivity index (χ2n) is 7.35. The molecule has 3 aromatic rings. The van der Waals surface area contributed by atoms with Crippen LogP contribution in [0.5, 0.6) is 0 Å². The van der Waals surface area contributed by atoms with E-state index in [4.69, 9.17) is 0 Å². The zero-order valence-electron chi connectivity index (χ0n) is 17.0. The first-order valence-electron chi connectivity index (χ1n) is 9.60. The van der Waals surface area contributed by atoms with E-state index in [1.807, 2.05) is 56.3 Å². The van der Waals surface area contributed by atoms with Gasteiger partial charge < -0.3 is 4.57 Å². The van der Waals surface area contributed by atoms with Crippen molar-refractivity contribution < 1.29 is 9.59 Å². The number of imide groups is 1. The summed E-state index contributed by atoms with van der Waals surface area (Å²) in [6.45, 7) is 6.43. The number of benzene rings is 2. The predicted octanol–water partition coefficient (Wildman–Crippen LogP) is 6.40. The van der Waals surface area contributed by atoms with Crippen LogP contribution >= 0.6 is 27.7 Å². The van der Waals surface area contributed by atoms with E-state index < -0.39 is 0 Å². The predicted molar refractivity (Wildman–Crippen MR) is 126 cm³/mol. The van der Waals surface area contributed by atoms with Gasteiger partial charge in [0.1, 0.15) is 0 Å². The molecule has 1 aliphatic heterocycles. The molecule has 0 bridgehead atoms. The van der Waals surface area contributed by atoms with Gasteiger partial charge in [0.25, 0.3) is 11.1 Å². The Bertz CT molecular complexity index is 1180. The maximum Gasteiger partial charge on any atom is 0.293 e. The lowest BCUT2D eigenvalue weighted by molar-refractivity contribution is -0.123. The minimum atomic E-state index is -0.238.